The van der Waals surface area contributed by atoms with E-state index >= 15 is 0 Å². The number of carbonyl (C=O) groups excluding carboxylic acids is 1. The molecule has 0 spiro atoms. The molecule has 1 amide bonds. The van der Waals surface area contributed by atoms with E-state index in [1.54, 1.807) is 6.07 Å². The molecule has 0 atom stereocenters. The van der Waals surface area contributed by atoms with Crippen molar-refractivity contribution in [2.24, 2.45) is 0 Å². The molecular weight excluding hydrogens is 358 g/mol. The van der Waals surface area contributed by atoms with Crippen molar-refractivity contribution in [1.29, 1.82) is 0 Å². The molecule has 4 aromatic rings. The van der Waals surface area contributed by atoms with E-state index in [1.165, 1.54) is 22.5 Å². The van der Waals surface area contributed by atoms with Gasteiger partial charge in [0.1, 0.15) is 5.58 Å². The summed E-state index contributed by atoms with van der Waals surface area (Å²) in [5.74, 6) is -0.0223. The van der Waals surface area contributed by atoms with Gasteiger partial charge in [0.2, 0.25) is 0 Å². The van der Waals surface area contributed by atoms with Gasteiger partial charge in [0.25, 0.3) is 5.91 Å². The molecule has 1 aliphatic heterocycles. The number of thiophene rings is 1. The maximum Gasteiger partial charge on any atom is 0.345 e. The molecule has 4 nitrogen and oxygen atoms in total. The van der Waals surface area contributed by atoms with Gasteiger partial charge in [-0.1, -0.05) is 35.9 Å². The molecule has 2 aromatic carbocycles. The number of rotatable bonds is 1. The summed E-state index contributed by atoms with van der Waals surface area (Å²) in [7, 11) is 0. The van der Waals surface area contributed by atoms with E-state index in [0.29, 0.717) is 28.9 Å². The lowest BCUT2D eigenvalue weighted by Gasteiger charge is -2.28. The first-order valence-electron chi connectivity index (χ1n) is 8.93. The van der Waals surface area contributed by atoms with E-state index in [0.717, 1.165) is 22.1 Å². The molecule has 0 N–H and O–H groups in total. The van der Waals surface area contributed by atoms with Crippen molar-refractivity contribution in [1.82, 2.24) is 4.90 Å². The number of fused-ring (bicyclic) bond motifs is 4. The number of hydrogen-bond acceptors (Lipinski definition) is 4. The maximum atomic E-state index is 13.1. The number of hydrogen-bond donors (Lipinski definition) is 0. The van der Waals surface area contributed by atoms with Crippen molar-refractivity contribution in [3.05, 3.63) is 80.5 Å². The van der Waals surface area contributed by atoms with Gasteiger partial charge in [0.05, 0.1) is 15.0 Å². The van der Waals surface area contributed by atoms with Crippen LogP contribution < -0.4 is 5.63 Å². The highest BCUT2D eigenvalue weighted by molar-refractivity contribution is 7.21. The Morgan fingerprint density at radius 3 is 2.74 bits per heavy atom. The first-order valence-corrected chi connectivity index (χ1v) is 9.75. The minimum absolute atomic E-state index is 0.0223. The molecule has 0 saturated carbocycles. The number of amides is 1. The number of aryl methyl sites for hydroxylation is 1. The van der Waals surface area contributed by atoms with Crippen molar-refractivity contribution in [2.45, 2.75) is 19.9 Å². The highest BCUT2D eigenvalue weighted by Gasteiger charge is 2.24. The number of nitrogens with zero attached hydrogens (tertiary/aromatic N) is 1. The third-order valence-corrected chi connectivity index (χ3v) is 6.32. The summed E-state index contributed by atoms with van der Waals surface area (Å²) < 4.78 is 6.27. The van der Waals surface area contributed by atoms with Gasteiger partial charge in [-0.05, 0) is 42.7 Å². The van der Waals surface area contributed by atoms with Crippen LogP contribution in [0.3, 0.4) is 0 Å². The number of benzene rings is 2. The Hall–Kier alpha value is -2.92. The van der Waals surface area contributed by atoms with E-state index in [9.17, 15) is 9.59 Å². The second-order valence-corrected chi connectivity index (χ2v) is 8.04. The third-order valence-electron chi connectivity index (χ3n) is 5.16. The van der Waals surface area contributed by atoms with Gasteiger partial charge in [-0.25, -0.2) is 4.79 Å². The van der Waals surface area contributed by atoms with Gasteiger partial charge in [-0.2, -0.15) is 0 Å². The second-order valence-electron chi connectivity index (χ2n) is 6.99. The molecule has 0 saturated heterocycles. The average molecular weight is 375 g/mol. The van der Waals surface area contributed by atoms with Crippen LogP contribution >= 0.6 is 11.3 Å². The van der Waals surface area contributed by atoms with Crippen LogP contribution in [-0.2, 0) is 13.0 Å². The predicted molar refractivity (Wildman–Crippen MR) is 107 cm³/mol. The van der Waals surface area contributed by atoms with Gasteiger partial charge in [-0.15, -0.1) is 11.3 Å². The van der Waals surface area contributed by atoms with Crippen LogP contribution in [0.5, 0.6) is 0 Å². The van der Waals surface area contributed by atoms with Crippen LogP contribution in [0.2, 0.25) is 0 Å². The fraction of sp³-hybridized carbons (Fsp3) is 0.182. The normalized spacial score (nSPS) is 13.9. The van der Waals surface area contributed by atoms with Gasteiger partial charge < -0.3 is 9.32 Å². The monoisotopic (exact) mass is 375 g/mol. The van der Waals surface area contributed by atoms with Crippen molar-refractivity contribution < 1.29 is 9.21 Å². The lowest BCUT2D eigenvalue weighted by molar-refractivity contribution is 0.0739. The molecule has 5 rings (SSSR count). The van der Waals surface area contributed by atoms with Crippen LogP contribution in [0, 0.1) is 6.92 Å². The molecule has 0 unspecified atom stereocenters. The van der Waals surface area contributed by atoms with Gasteiger partial charge >= 0.3 is 5.63 Å². The summed E-state index contributed by atoms with van der Waals surface area (Å²) in [6.45, 7) is 3.30. The van der Waals surface area contributed by atoms with Gasteiger partial charge in [0.15, 0.2) is 0 Å². The Morgan fingerprint density at radius 2 is 1.89 bits per heavy atom. The Morgan fingerprint density at radius 1 is 1.07 bits per heavy atom. The predicted octanol–water partition coefficient (Wildman–Crippen LogP) is 4.51. The first-order chi connectivity index (χ1) is 13.1. The smallest absolute Gasteiger partial charge is 0.345 e. The largest absolute Gasteiger partial charge is 0.422 e. The maximum absolute atomic E-state index is 13.1. The summed E-state index contributed by atoms with van der Waals surface area (Å²) in [5, 5.41) is 1.37. The summed E-state index contributed by atoms with van der Waals surface area (Å²) in [5.41, 5.74) is 3.76. The Bertz CT molecular complexity index is 1270. The van der Waals surface area contributed by atoms with E-state index in [1.807, 2.05) is 42.2 Å². The first kappa shape index (κ1) is 16.3. The Kier molecular flexibility index (Phi) is 3.65. The van der Waals surface area contributed by atoms with Gasteiger partial charge in [-0.3, -0.25) is 4.79 Å². The lowest BCUT2D eigenvalue weighted by atomic mass is 10.00. The standard InChI is InChI=1S/C22H17NO3S/c1-13-6-7-18-16(10-13)20-17(22(25)26-18)11-19(27-20)21(24)23-9-8-14-4-2-3-5-15(14)12-23/h2-7,10-11H,8-9,12H2,1H3. The van der Waals surface area contributed by atoms with Crippen molar-refractivity contribution in [2.75, 3.05) is 6.54 Å². The van der Waals surface area contributed by atoms with E-state index in [-0.39, 0.29) is 11.5 Å². The average Bonchev–Trinajstić information content (AvgIpc) is 3.14. The van der Waals surface area contributed by atoms with E-state index < -0.39 is 0 Å². The Labute approximate surface area is 159 Å². The lowest BCUT2D eigenvalue weighted by Crippen LogP contribution is -2.35. The molecule has 0 fully saturated rings. The molecule has 0 aliphatic carbocycles. The summed E-state index contributed by atoms with van der Waals surface area (Å²) in [6, 6.07) is 15.7. The zero-order valence-corrected chi connectivity index (χ0v) is 15.6. The zero-order chi connectivity index (χ0) is 18.5. The second kappa shape index (κ2) is 6.06. The molecular formula is C22H17NO3S. The van der Waals surface area contributed by atoms with Crippen LogP contribution in [0.4, 0.5) is 0 Å². The highest BCUT2D eigenvalue weighted by Crippen LogP contribution is 2.32. The molecule has 2 aromatic heterocycles. The molecule has 0 bridgehead atoms. The fourth-order valence-electron chi connectivity index (χ4n) is 3.74. The summed E-state index contributed by atoms with van der Waals surface area (Å²) in [6.07, 6.45) is 0.858. The van der Waals surface area contributed by atoms with Crippen LogP contribution in [0.1, 0.15) is 26.4 Å². The van der Waals surface area contributed by atoms with E-state index in [4.69, 9.17) is 4.42 Å². The minimum Gasteiger partial charge on any atom is -0.422 e. The van der Waals surface area contributed by atoms with Crippen LogP contribution in [0.15, 0.2) is 57.7 Å². The molecule has 0 radical (unpaired) electrons. The topological polar surface area (TPSA) is 50.5 Å². The van der Waals surface area contributed by atoms with Crippen LogP contribution in [0.25, 0.3) is 21.1 Å². The molecule has 1 aliphatic rings. The highest BCUT2D eigenvalue weighted by atomic mass is 32.1. The fourth-order valence-corrected chi connectivity index (χ4v) is 4.87. The third kappa shape index (κ3) is 2.66. The van der Waals surface area contributed by atoms with Crippen molar-refractivity contribution in [3.63, 3.8) is 0 Å². The molecule has 5 heteroatoms. The quantitative estimate of drug-likeness (QED) is 0.460. The summed E-state index contributed by atoms with van der Waals surface area (Å²) in [4.78, 5) is 27.9. The van der Waals surface area contributed by atoms with Gasteiger partial charge in [0, 0.05) is 18.5 Å². The Balaban J connectivity index is 1.58. The summed E-state index contributed by atoms with van der Waals surface area (Å²) >= 11 is 1.38. The van der Waals surface area contributed by atoms with Crippen LogP contribution in [-0.4, -0.2) is 17.4 Å². The molecule has 134 valence electrons. The van der Waals surface area contributed by atoms with Crippen molar-refractivity contribution >= 4 is 38.3 Å². The minimum atomic E-state index is -0.388. The van der Waals surface area contributed by atoms with E-state index in [2.05, 4.69) is 12.1 Å². The molecule has 3 heterocycles. The number of carbonyl (C=O) groups is 1. The van der Waals surface area contributed by atoms with Crippen molar-refractivity contribution in [3.8, 4) is 0 Å². The SMILES string of the molecule is Cc1ccc2oc(=O)c3cc(C(=O)N4CCc5ccccc5C4)sc3c2c1. The zero-order valence-electron chi connectivity index (χ0n) is 14.8. The molecule has 27 heavy (non-hydrogen) atoms.